The summed E-state index contributed by atoms with van der Waals surface area (Å²) in [6, 6.07) is 7.10. The summed E-state index contributed by atoms with van der Waals surface area (Å²) in [6.07, 6.45) is 0. The highest BCUT2D eigenvalue weighted by molar-refractivity contribution is 5.95. The molecule has 1 aromatic rings. The molecule has 0 saturated heterocycles. The molecule has 0 aliphatic heterocycles. The lowest BCUT2D eigenvalue weighted by Crippen LogP contribution is -2.45. The first kappa shape index (κ1) is 17.6. The number of anilines is 1. The Morgan fingerprint density at radius 2 is 2.14 bits per heavy atom. The van der Waals surface area contributed by atoms with Crippen molar-refractivity contribution < 1.29 is 14.6 Å². The highest BCUT2D eigenvalue weighted by Crippen LogP contribution is 2.15. The summed E-state index contributed by atoms with van der Waals surface area (Å²) in [7, 11) is 1.61. The van der Waals surface area contributed by atoms with Crippen LogP contribution in [-0.2, 0) is 16.1 Å². The number of hydrogen-bond donors (Lipinski definition) is 3. The topological polar surface area (TPSA) is 87.8 Å². The van der Waals surface area contributed by atoms with E-state index < -0.39 is 0 Å². The number of nitrogens with two attached hydrogens (primary N) is 1. The minimum Gasteiger partial charge on any atom is -0.395 e. The van der Waals surface area contributed by atoms with E-state index in [0.717, 1.165) is 11.3 Å². The van der Waals surface area contributed by atoms with E-state index in [1.54, 1.807) is 7.11 Å². The van der Waals surface area contributed by atoms with Crippen LogP contribution in [0.25, 0.3) is 0 Å². The third-order valence-corrected chi connectivity index (χ3v) is 3.39. The van der Waals surface area contributed by atoms with Gasteiger partial charge in [0.2, 0.25) is 5.91 Å². The molecule has 4 N–H and O–H groups in total. The summed E-state index contributed by atoms with van der Waals surface area (Å²) < 4.78 is 5.03. The second kappa shape index (κ2) is 9.46. The maximum atomic E-state index is 12.3. The number of para-hydroxylation sites is 1. The van der Waals surface area contributed by atoms with Gasteiger partial charge in [-0.3, -0.25) is 9.69 Å². The van der Waals surface area contributed by atoms with Crippen molar-refractivity contribution in [1.29, 1.82) is 0 Å². The van der Waals surface area contributed by atoms with Gasteiger partial charge in [0, 0.05) is 32.4 Å². The summed E-state index contributed by atoms with van der Waals surface area (Å²) in [5.41, 5.74) is 7.29. The fraction of sp³-hybridized carbons (Fsp3) is 0.533. The highest BCUT2D eigenvalue weighted by Gasteiger charge is 2.21. The van der Waals surface area contributed by atoms with Crippen LogP contribution in [0.4, 0.5) is 5.69 Å². The van der Waals surface area contributed by atoms with Crippen molar-refractivity contribution >= 4 is 11.6 Å². The SMILES string of the molecule is COCCN(CCO)C(C)C(=O)Nc1ccccc1CN. The van der Waals surface area contributed by atoms with Gasteiger partial charge < -0.3 is 20.9 Å². The van der Waals surface area contributed by atoms with E-state index in [1.807, 2.05) is 36.1 Å². The molecule has 1 aromatic carbocycles. The Balaban J connectivity index is 2.71. The Labute approximate surface area is 125 Å². The zero-order valence-electron chi connectivity index (χ0n) is 12.7. The Kier molecular flexibility index (Phi) is 7.92. The van der Waals surface area contributed by atoms with Crippen LogP contribution < -0.4 is 11.1 Å². The Hall–Kier alpha value is -1.47. The second-order valence-electron chi connectivity index (χ2n) is 4.78. The number of carbonyl (C=O) groups is 1. The Morgan fingerprint density at radius 3 is 2.76 bits per heavy atom. The molecule has 0 radical (unpaired) electrons. The van der Waals surface area contributed by atoms with Crippen molar-refractivity contribution in [2.24, 2.45) is 5.73 Å². The molecule has 1 amide bonds. The second-order valence-corrected chi connectivity index (χ2v) is 4.78. The largest absolute Gasteiger partial charge is 0.395 e. The van der Waals surface area contributed by atoms with Crippen LogP contribution in [0.1, 0.15) is 12.5 Å². The molecule has 21 heavy (non-hydrogen) atoms. The van der Waals surface area contributed by atoms with Gasteiger partial charge in [0.1, 0.15) is 0 Å². The number of nitrogens with zero attached hydrogens (tertiary/aromatic N) is 1. The van der Waals surface area contributed by atoms with Crippen molar-refractivity contribution in [2.45, 2.75) is 19.5 Å². The van der Waals surface area contributed by atoms with Crippen LogP contribution in [0, 0.1) is 0 Å². The summed E-state index contributed by atoms with van der Waals surface area (Å²) in [5.74, 6) is -0.125. The first-order chi connectivity index (χ1) is 10.1. The number of nitrogens with one attached hydrogen (secondary N) is 1. The number of benzene rings is 1. The zero-order valence-corrected chi connectivity index (χ0v) is 12.7. The molecule has 1 rings (SSSR count). The number of amides is 1. The first-order valence-corrected chi connectivity index (χ1v) is 7.06. The first-order valence-electron chi connectivity index (χ1n) is 7.06. The zero-order chi connectivity index (χ0) is 15.7. The molecule has 1 unspecified atom stereocenters. The van der Waals surface area contributed by atoms with E-state index >= 15 is 0 Å². The number of rotatable bonds is 9. The van der Waals surface area contributed by atoms with Crippen LogP contribution in [0.3, 0.4) is 0 Å². The van der Waals surface area contributed by atoms with Crippen LogP contribution in [0.2, 0.25) is 0 Å². The van der Waals surface area contributed by atoms with E-state index in [1.165, 1.54) is 0 Å². The molecule has 0 spiro atoms. The van der Waals surface area contributed by atoms with Gasteiger partial charge in [-0.2, -0.15) is 0 Å². The van der Waals surface area contributed by atoms with E-state index in [9.17, 15) is 4.79 Å². The molecule has 0 saturated carbocycles. The van der Waals surface area contributed by atoms with Crippen LogP contribution in [0.15, 0.2) is 24.3 Å². The molecule has 1 atom stereocenters. The van der Waals surface area contributed by atoms with Gasteiger partial charge in [-0.1, -0.05) is 18.2 Å². The molecule has 118 valence electrons. The summed E-state index contributed by atoms with van der Waals surface area (Å²) in [6.45, 7) is 3.71. The lowest BCUT2D eigenvalue weighted by molar-refractivity contribution is -0.121. The molecule has 6 nitrogen and oxygen atoms in total. The predicted molar refractivity (Wildman–Crippen MR) is 83.0 cm³/mol. The summed E-state index contributed by atoms with van der Waals surface area (Å²) in [4.78, 5) is 14.2. The third kappa shape index (κ3) is 5.43. The number of aliphatic hydroxyl groups is 1. The maximum Gasteiger partial charge on any atom is 0.241 e. The maximum absolute atomic E-state index is 12.3. The van der Waals surface area contributed by atoms with Crippen molar-refractivity contribution in [3.05, 3.63) is 29.8 Å². The van der Waals surface area contributed by atoms with Crippen LogP contribution in [-0.4, -0.2) is 55.4 Å². The quantitative estimate of drug-likeness (QED) is 0.614. The molecule has 0 aromatic heterocycles. The van der Waals surface area contributed by atoms with Gasteiger partial charge in [-0.25, -0.2) is 0 Å². The van der Waals surface area contributed by atoms with Gasteiger partial charge >= 0.3 is 0 Å². The number of ether oxygens (including phenoxy) is 1. The molecule has 0 fully saturated rings. The number of methoxy groups -OCH3 is 1. The molecule has 0 aliphatic carbocycles. The van der Waals surface area contributed by atoms with Gasteiger partial charge in [0.05, 0.1) is 19.3 Å². The number of hydrogen-bond acceptors (Lipinski definition) is 5. The molecule has 0 aliphatic rings. The minimum atomic E-state index is -0.363. The average Bonchev–Trinajstić information content (AvgIpc) is 2.51. The van der Waals surface area contributed by atoms with Gasteiger partial charge in [0.15, 0.2) is 0 Å². The smallest absolute Gasteiger partial charge is 0.241 e. The lowest BCUT2D eigenvalue weighted by Gasteiger charge is -2.27. The molecular weight excluding hydrogens is 270 g/mol. The fourth-order valence-electron chi connectivity index (χ4n) is 2.06. The van der Waals surface area contributed by atoms with E-state index in [-0.39, 0.29) is 18.6 Å². The lowest BCUT2D eigenvalue weighted by atomic mass is 10.1. The van der Waals surface area contributed by atoms with E-state index in [0.29, 0.717) is 26.2 Å². The average molecular weight is 295 g/mol. The van der Waals surface area contributed by atoms with Crippen molar-refractivity contribution in [1.82, 2.24) is 4.90 Å². The number of aliphatic hydroxyl groups excluding tert-OH is 1. The number of carbonyl (C=O) groups excluding carboxylic acids is 1. The van der Waals surface area contributed by atoms with Gasteiger partial charge in [-0.05, 0) is 18.6 Å². The van der Waals surface area contributed by atoms with Gasteiger partial charge in [0.25, 0.3) is 0 Å². The van der Waals surface area contributed by atoms with Crippen molar-refractivity contribution in [3.63, 3.8) is 0 Å². The Bertz CT molecular complexity index is 440. The highest BCUT2D eigenvalue weighted by atomic mass is 16.5. The monoisotopic (exact) mass is 295 g/mol. The molecule has 0 heterocycles. The normalized spacial score (nSPS) is 12.4. The van der Waals surface area contributed by atoms with E-state index in [4.69, 9.17) is 15.6 Å². The predicted octanol–water partition coefficient (Wildman–Crippen LogP) is 0.413. The summed E-state index contributed by atoms with van der Waals surface area (Å²) >= 11 is 0. The molecule has 6 heteroatoms. The standard InChI is InChI=1S/C15H25N3O3/c1-12(18(7-9-19)8-10-21-2)15(20)17-14-6-4-3-5-13(14)11-16/h3-6,12,19H,7-11,16H2,1-2H3,(H,17,20). The molecular formula is C15H25N3O3. The van der Waals surface area contributed by atoms with Crippen molar-refractivity contribution in [3.8, 4) is 0 Å². The van der Waals surface area contributed by atoms with Crippen molar-refractivity contribution in [2.75, 3.05) is 38.7 Å². The Morgan fingerprint density at radius 1 is 1.43 bits per heavy atom. The van der Waals surface area contributed by atoms with Crippen LogP contribution in [0.5, 0.6) is 0 Å². The van der Waals surface area contributed by atoms with Gasteiger partial charge in [-0.15, -0.1) is 0 Å². The summed E-state index contributed by atoms with van der Waals surface area (Å²) in [5, 5.41) is 12.0. The van der Waals surface area contributed by atoms with Crippen LogP contribution >= 0.6 is 0 Å². The molecule has 0 bridgehead atoms. The fourth-order valence-corrected chi connectivity index (χ4v) is 2.06. The van der Waals surface area contributed by atoms with E-state index in [2.05, 4.69) is 5.32 Å². The minimum absolute atomic E-state index is 0.000716. The third-order valence-electron chi connectivity index (χ3n) is 3.39.